The highest BCUT2D eigenvalue weighted by molar-refractivity contribution is 6.13. The highest BCUT2D eigenvalue weighted by Crippen LogP contribution is 2.67. The summed E-state index contributed by atoms with van der Waals surface area (Å²) in [5.74, 6) is 0. The van der Waals surface area contributed by atoms with Crippen LogP contribution in [0.1, 0.15) is 44.5 Å². The molecular weight excluding hydrogens is 821 g/mol. The summed E-state index contributed by atoms with van der Waals surface area (Å²) in [5, 5.41) is 5.00. The Hall–Kier alpha value is -8.72. The minimum Gasteiger partial charge on any atom is -0.309 e. The minimum absolute atomic E-state index is 0.470. The first-order valence-corrected chi connectivity index (χ1v) is 23.9. The standard InChI is InChI=1S/C66H40N2/c1-2-19-42-40-43(39-38-41(42)18-1)67(60-36-16-31-55-62(60)48-23-5-10-28-52(48)65(55)50-26-8-3-20-44(50)45-21-4-9-27-51(45)65)61-37-17-32-56-63(61)49-24-6-11-29-53(49)66(56)54-30-12-14-35-59(54)68-58-34-13-7-22-46(58)47-25-15-33-57(66)64(47)68/h1-40H. The van der Waals surface area contributed by atoms with E-state index in [9.17, 15) is 0 Å². The number of fused-ring (bicyclic) bond motifs is 23. The Labute approximate surface area is 394 Å². The minimum atomic E-state index is -0.579. The van der Waals surface area contributed by atoms with Gasteiger partial charge in [0.15, 0.2) is 0 Å². The summed E-state index contributed by atoms with van der Waals surface area (Å²) in [5.41, 5.74) is 24.5. The fourth-order valence-electron chi connectivity index (χ4n) is 13.8. The van der Waals surface area contributed by atoms with E-state index in [-0.39, 0.29) is 0 Å². The summed E-state index contributed by atoms with van der Waals surface area (Å²) in [6, 6.07) is 91.9. The van der Waals surface area contributed by atoms with Gasteiger partial charge in [-0.15, -0.1) is 0 Å². The van der Waals surface area contributed by atoms with E-state index in [4.69, 9.17) is 0 Å². The van der Waals surface area contributed by atoms with Crippen LogP contribution in [0.2, 0.25) is 0 Å². The van der Waals surface area contributed by atoms with Gasteiger partial charge in [-0.3, -0.25) is 0 Å². The van der Waals surface area contributed by atoms with Gasteiger partial charge in [0, 0.05) is 27.6 Å². The predicted octanol–water partition coefficient (Wildman–Crippen LogP) is 16.4. The van der Waals surface area contributed by atoms with Crippen LogP contribution in [-0.4, -0.2) is 4.57 Å². The van der Waals surface area contributed by atoms with Crippen LogP contribution in [0, 0.1) is 0 Å². The van der Waals surface area contributed by atoms with Crippen molar-refractivity contribution in [2.24, 2.45) is 0 Å². The van der Waals surface area contributed by atoms with Gasteiger partial charge in [0.2, 0.25) is 0 Å². The third-order valence-corrected chi connectivity index (χ3v) is 16.2. The molecule has 1 aromatic heterocycles. The Balaban J connectivity index is 1.04. The summed E-state index contributed by atoms with van der Waals surface area (Å²) < 4.78 is 2.53. The maximum absolute atomic E-state index is 2.61. The summed E-state index contributed by atoms with van der Waals surface area (Å²) in [7, 11) is 0. The van der Waals surface area contributed by atoms with Crippen LogP contribution in [0.25, 0.3) is 71.6 Å². The Morgan fingerprint density at radius 3 is 1.43 bits per heavy atom. The molecule has 2 heteroatoms. The average molecular weight is 861 g/mol. The molecule has 0 N–H and O–H groups in total. The lowest BCUT2D eigenvalue weighted by Gasteiger charge is -2.39. The molecule has 11 aromatic carbocycles. The molecule has 2 spiro atoms. The molecule has 4 aliphatic rings. The van der Waals surface area contributed by atoms with Crippen molar-refractivity contribution in [3.63, 3.8) is 0 Å². The first-order chi connectivity index (χ1) is 33.8. The average Bonchev–Trinajstić information content (AvgIpc) is 4.10. The largest absolute Gasteiger partial charge is 0.309 e. The Bertz CT molecular complexity index is 4140. The Morgan fingerprint density at radius 1 is 0.309 bits per heavy atom. The number of hydrogen-bond donors (Lipinski definition) is 0. The molecule has 1 atom stereocenters. The number of para-hydroxylation sites is 3. The topological polar surface area (TPSA) is 8.17 Å². The van der Waals surface area contributed by atoms with Crippen molar-refractivity contribution >= 4 is 49.6 Å². The van der Waals surface area contributed by atoms with E-state index in [0.29, 0.717) is 0 Å². The summed E-state index contributed by atoms with van der Waals surface area (Å²) in [6.07, 6.45) is 0. The first kappa shape index (κ1) is 36.5. The third-order valence-electron chi connectivity index (χ3n) is 16.2. The SMILES string of the molecule is c1ccc2c(c1)-c1ccccc1C21c2ccccc2-c2c(N(c3ccc4ccccc4c3)c3cccc4c3-c3ccccc3C43c4ccccc4-n4c5ccccc5c5cccc3c54)cccc21. The van der Waals surface area contributed by atoms with Crippen molar-refractivity contribution in [1.82, 2.24) is 4.57 Å². The van der Waals surface area contributed by atoms with Crippen LogP contribution in [-0.2, 0) is 10.8 Å². The van der Waals surface area contributed by atoms with Crippen LogP contribution in [0.3, 0.4) is 0 Å². The molecule has 1 aliphatic heterocycles. The molecule has 3 aliphatic carbocycles. The van der Waals surface area contributed by atoms with Crippen molar-refractivity contribution in [2.45, 2.75) is 10.8 Å². The second-order valence-electron chi connectivity index (χ2n) is 19.0. The van der Waals surface area contributed by atoms with Crippen molar-refractivity contribution in [3.8, 4) is 39.1 Å². The summed E-state index contributed by atoms with van der Waals surface area (Å²) in [6.45, 7) is 0. The molecule has 12 aromatic rings. The number of anilines is 3. The summed E-state index contributed by atoms with van der Waals surface area (Å²) in [4.78, 5) is 2.61. The number of hydrogen-bond acceptors (Lipinski definition) is 1. The van der Waals surface area contributed by atoms with E-state index < -0.39 is 10.8 Å². The van der Waals surface area contributed by atoms with Gasteiger partial charge in [-0.2, -0.15) is 0 Å². The van der Waals surface area contributed by atoms with Crippen LogP contribution in [0.15, 0.2) is 243 Å². The van der Waals surface area contributed by atoms with Gasteiger partial charge >= 0.3 is 0 Å². The van der Waals surface area contributed by atoms with Crippen LogP contribution in [0.5, 0.6) is 0 Å². The maximum Gasteiger partial charge on any atom is 0.0755 e. The van der Waals surface area contributed by atoms with Gasteiger partial charge in [0.25, 0.3) is 0 Å². The van der Waals surface area contributed by atoms with Crippen molar-refractivity contribution in [3.05, 3.63) is 287 Å². The molecule has 2 heterocycles. The van der Waals surface area contributed by atoms with Gasteiger partial charge < -0.3 is 9.47 Å². The lowest BCUT2D eigenvalue weighted by Crippen LogP contribution is -2.33. The third kappa shape index (κ3) is 4.22. The molecular formula is C66H40N2. The lowest BCUT2D eigenvalue weighted by atomic mass is 9.65. The van der Waals surface area contributed by atoms with E-state index in [2.05, 4.69) is 252 Å². The molecule has 2 nitrogen and oxygen atoms in total. The summed E-state index contributed by atoms with van der Waals surface area (Å²) >= 11 is 0. The first-order valence-electron chi connectivity index (χ1n) is 23.9. The normalized spacial score (nSPS) is 15.8. The molecule has 0 bridgehead atoms. The van der Waals surface area contributed by atoms with Gasteiger partial charge in [-0.25, -0.2) is 0 Å². The number of aromatic nitrogens is 1. The Morgan fingerprint density at radius 2 is 0.765 bits per heavy atom. The fourth-order valence-corrected chi connectivity index (χ4v) is 13.8. The molecule has 1 unspecified atom stereocenters. The molecule has 16 rings (SSSR count). The quantitative estimate of drug-likeness (QED) is 0.172. The van der Waals surface area contributed by atoms with Crippen LogP contribution < -0.4 is 4.90 Å². The van der Waals surface area contributed by atoms with E-state index in [1.807, 2.05) is 0 Å². The van der Waals surface area contributed by atoms with Gasteiger partial charge in [0.1, 0.15) is 0 Å². The molecule has 0 radical (unpaired) electrons. The van der Waals surface area contributed by atoms with E-state index >= 15 is 0 Å². The van der Waals surface area contributed by atoms with Gasteiger partial charge in [-0.1, -0.05) is 206 Å². The predicted molar refractivity (Wildman–Crippen MR) is 280 cm³/mol. The second kappa shape index (κ2) is 13.0. The van der Waals surface area contributed by atoms with Crippen molar-refractivity contribution < 1.29 is 0 Å². The van der Waals surface area contributed by atoms with E-state index in [1.165, 1.54) is 122 Å². The molecule has 0 saturated heterocycles. The lowest BCUT2D eigenvalue weighted by molar-refractivity contribution is 0.748. The maximum atomic E-state index is 2.61. The smallest absolute Gasteiger partial charge is 0.0755 e. The van der Waals surface area contributed by atoms with E-state index in [1.54, 1.807) is 0 Å². The van der Waals surface area contributed by atoms with Gasteiger partial charge in [0.05, 0.1) is 38.9 Å². The zero-order valence-corrected chi connectivity index (χ0v) is 37.0. The highest BCUT2D eigenvalue weighted by atomic mass is 15.2. The molecule has 0 fully saturated rings. The number of rotatable bonds is 3. The zero-order valence-electron chi connectivity index (χ0n) is 37.0. The Kier molecular flexibility index (Phi) is 6.98. The molecule has 314 valence electrons. The number of benzene rings is 11. The molecule has 0 saturated carbocycles. The van der Waals surface area contributed by atoms with Crippen LogP contribution in [0.4, 0.5) is 17.1 Å². The van der Waals surface area contributed by atoms with Crippen LogP contribution >= 0.6 is 0 Å². The van der Waals surface area contributed by atoms with Crippen molar-refractivity contribution in [2.75, 3.05) is 4.90 Å². The second-order valence-corrected chi connectivity index (χ2v) is 19.0. The van der Waals surface area contributed by atoms with Crippen molar-refractivity contribution in [1.29, 1.82) is 0 Å². The van der Waals surface area contributed by atoms with E-state index in [0.717, 1.165) is 11.4 Å². The van der Waals surface area contributed by atoms with Gasteiger partial charge in [-0.05, 0) is 114 Å². The zero-order chi connectivity index (χ0) is 44.3. The number of nitrogens with zero attached hydrogens (tertiary/aromatic N) is 2. The molecule has 68 heavy (non-hydrogen) atoms. The molecule has 0 amide bonds. The fraction of sp³-hybridized carbons (Fsp3) is 0.0303. The monoisotopic (exact) mass is 860 g/mol. The highest BCUT2D eigenvalue weighted by Gasteiger charge is 2.54.